The Bertz CT molecular complexity index is 927. The minimum atomic E-state index is -0.324. The Labute approximate surface area is 153 Å². The molecule has 0 fully saturated rings. The fourth-order valence-electron chi connectivity index (χ4n) is 2.80. The van der Waals surface area contributed by atoms with E-state index in [2.05, 4.69) is 6.07 Å². The molecule has 3 nitrogen and oxygen atoms in total. The van der Waals surface area contributed by atoms with Gasteiger partial charge in [-0.3, -0.25) is 4.79 Å². The lowest BCUT2D eigenvalue weighted by Crippen LogP contribution is -2.13. The highest BCUT2D eigenvalue weighted by atomic mass is 16.5. The molecule has 3 aromatic carbocycles. The third-order valence-electron chi connectivity index (χ3n) is 4.32. The van der Waals surface area contributed by atoms with E-state index in [9.17, 15) is 10.1 Å². The van der Waals surface area contributed by atoms with Gasteiger partial charge >= 0.3 is 5.97 Å². The lowest BCUT2D eigenvalue weighted by molar-refractivity contribution is -0.146. The summed E-state index contributed by atoms with van der Waals surface area (Å²) >= 11 is 0. The summed E-state index contributed by atoms with van der Waals surface area (Å²) in [6.45, 7) is 1.98. The van der Waals surface area contributed by atoms with E-state index in [0.29, 0.717) is 5.56 Å². The number of rotatable bonds is 5. The number of hydrogen-bond donors (Lipinski definition) is 0. The van der Waals surface area contributed by atoms with Crippen LogP contribution in [0.1, 0.15) is 29.5 Å². The van der Waals surface area contributed by atoms with Crippen LogP contribution in [0.3, 0.4) is 0 Å². The van der Waals surface area contributed by atoms with Crippen LogP contribution < -0.4 is 0 Å². The van der Waals surface area contributed by atoms with Crippen LogP contribution >= 0.6 is 0 Å². The molecule has 0 saturated heterocycles. The van der Waals surface area contributed by atoms with Gasteiger partial charge in [-0.25, -0.2) is 0 Å². The number of carbonyl (C=O) groups excluding carboxylic acids is 1. The monoisotopic (exact) mass is 341 g/mol. The summed E-state index contributed by atoms with van der Waals surface area (Å²) in [4.78, 5) is 12.3. The molecule has 0 heterocycles. The van der Waals surface area contributed by atoms with E-state index in [1.165, 1.54) is 0 Å². The molecule has 1 atom stereocenters. The third kappa shape index (κ3) is 3.99. The van der Waals surface area contributed by atoms with Crippen LogP contribution in [-0.4, -0.2) is 5.97 Å². The Morgan fingerprint density at radius 2 is 1.65 bits per heavy atom. The van der Waals surface area contributed by atoms with Crippen LogP contribution in [0.2, 0.25) is 0 Å². The van der Waals surface area contributed by atoms with Crippen molar-refractivity contribution in [3.05, 3.63) is 95.6 Å². The van der Waals surface area contributed by atoms with Gasteiger partial charge in [0, 0.05) is 0 Å². The molecule has 0 aliphatic heterocycles. The summed E-state index contributed by atoms with van der Waals surface area (Å²) in [7, 11) is 0. The lowest BCUT2D eigenvalue weighted by atomic mass is 9.98. The molecule has 0 bridgehead atoms. The molecule has 0 aromatic heterocycles. The van der Waals surface area contributed by atoms with Gasteiger partial charge in [-0.05, 0) is 35.2 Å². The number of nitrogens with zero attached hydrogens (tertiary/aromatic N) is 1. The van der Waals surface area contributed by atoms with Crippen molar-refractivity contribution in [3.8, 4) is 17.2 Å². The topological polar surface area (TPSA) is 50.1 Å². The molecule has 26 heavy (non-hydrogen) atoms. The van der Waals surface area contributed by atoms with Gasteiger partial charge in [-0.15, -0.1) is 0 Å². The van der Waals surface area contributed by atoms with E-state index in [1.807, 2.05) is 79.7 Å². The minimum Gasteiger partial charge on any atom is -0.460 e. The van der Waals surface area contributed by atoms with Crippen molar-refractivity contribution >= 4 is 5.97 Å². The summed E-state index contributed by atoms with van der Waals surface area (Å²) in [5.74, 6) is -0.600. The van der Waals surface area contributed by atoms with Crippen molar-refractivity contribution in [3.63, 3.8) is 0 Å². The highest BCUT2D eigenvalue weighted by Crippen LogP contribution is 2.25. The summed E-state index contributed by atoms with van der Waals surface area (Å²) in [6.07, 6.45) is 0. The van der Waals surface area contributed by atoms with Gasteiger partial charge in [0.05, 0.1) is 17.6 Å². The second-order valence-electron chi connectivity index (χ2n) is 6.10. The van der Waals surface area contributed by atoms with Gasteiger partial charge in [0.2, 0.25) is 0 Å². The van der Waals surface area contributed by atoms with E-state index in [-0.39, 0.29) is 18.5 Å². The highest BCUT2D eigenvalue weighted by molar-refractivity contribution is 5.77. The van der Waals surface area contributed by atoms with Crippen molar-refractivity contribution in [1.29, 1.82) is 5.26 Å². The van der Waals surface area contributed by atoms with Crippen LogP contribution in [0.5, 0.6) is 0 Å². The van der Waals surface area contributed by atoms with Crippen LogP contribution in [0.4, 0.5) is 0 Å². The molecule has 0 amide bonds. The molecule has 3 rings (SSSR count). The van der Waals surface area contributed by atoms with Gasteiger partial charge in [0.15, 0.2) is 0 Å². The molecule has 0 aliphatic carbocycles. The van der Waals surface area contributed by atoms with Gasteiger partial charge in [-0.1, -0.05) is 72.8 Å². The van der Waals surface area contributed by atoms with Crippen LogP contribution in [0.25, 0.3) is 11.1 Å². The second-order valence-corrected chi connectivity index (χ2v) is 6.10. The zero-order valence-corrected chi connectivity index (χ0v) is 14.6. The normalized spacial score (nSPS) is 11.4. The average Bonchev–Trinajstić information content (AvgIpc) is 2.72. The minimum absolute atomic E-state index is 0.153. The number of hydrogen-bond acceptors (Lipinski definition) is 3. The first-order valence-electron chi connectivity index (χ1n) is 8.49. The van der Waals surface area contributed by atoms with E-state index in [4.69, 9.17) is 4.74 Å². The molecular formula is C23H19NO2. The fraction of sp³-hybridized carbons (Fsp3) is 0.130. The van der Waals surface area contributed by atoms with Gasteiger partial charge in [-0.2, -0.15) is 5.26 Å². The maximum Gasteiger partial charge on any atom is 0.313 e. The van der Waals surface area contributed by atoms with Crippen molar-refractivity contribution in [2.24, 2.45) is 0 Å². The molecule has 0 N–H and O–H groups in total. The molecule has 0 saturated carbocycles. The average molecular weight is 341 g/mol. The summed E-state index contributed by atoms with van der Waals surface area (Å²) in [5.41, 5.74) is 4.16. The smallest absolute Gasteiger partial charge is 0.313 e. The summed E-state index contributed by atoms with van der Waals surface area (Å²) < 4.78 is 5.44. The standard InChI is InChI=1S/C23H19NO2/c1-17(19-8-4-2-5-9-19)23(25)26-16-18-12-13-22(21(14-18)15-24)20-10-6-3-7-11-20/h2-14,17H,16H2,1H3. The largest absolute Gasteiger partial charge is 0.460 e. The zero-order chi connectivity index (χ0) is 18.4. The van der Waals surface area contributed by atoms with Crippen LogP contribution in [0, 0.1) is 11.3 Å². The summed E-state index contributed by atoms with van der Waals surface area (Å²) in [6, 6.07) is 27.1. The molecule has 1 unspecified atom stereocenters. The second kappa shape index (κ2) is 8.13. The Hall–Kier alpha value is -3.38. The maximum atomic E-state index is 12.3. The van der Waals surface area contributed by atoms with Gasteiger partial charge in [0.25, 0.3) is 0 Å². The highest BCUT2D eigenvalue weighted by Gasteiger charge is 2.16. The van der Waals surface area contributed by atoms with Crippen LogP contribution in [-0.2, 0) is 16.1 Å². The predicted molar refractivity (Wildman–Crippen MR) is 101 cm³/mol. The Kier molecular flexibility index (Phi) is 5.46. The number of nitriles is 1. The van der Waals surface area contributed by atoms with E-state index in [0.717, 1.165) is 22.3 Å². The Balaban J connectivity index is 1.71. The number of benzene rings is 3. The van der Waals surface area contributed by atoms with Crippen molar-refractivity contribution in [1.82, 2.24) is 0 Å². The first-order chi connectivity index (χ1) is 12.7. The molecule has 0 spiro atoms. The molecule has 0 radical (unpaired) electrons. The first kappa shape index (κ1) is 17.4. The van der Waals surface area contributed by atoms with Crippen LogP contribution in [0.15, 0.2) is 78.9 Å². The summed E-state index contributed by atoms with van der Waals surface area (Å²) in [5, 5.41) is 9.46. The molecule has 0 aliphatic rings. The molecular weight excluding hydrogens is 322 g/mol. The quantitative estimate of drug-likeness (QED) is 0.609. The Morgan fingerprint density at radius 1 is 1.00 bits per heavy atom. The van der Waals surface area contributed by atoms with Gasteiger partial charge in [0.1, 0.15) is 6.61 Å². The van der Waals surface area contributed by atoms with E-state index < -0.39 is 0 Å². The SMILES string of the molecule is CC(C(=O)OCc1ccc(-c2ccccc2)c(C#N)c1)c1ccccc1. The van der Waals surface area contributed by atoms with E-state index >= 15 is 0 Å². The van der Waals surface area contributed by atoms with Gasteiger partial charge < -0.3 is 4.74 Å². The fourth-order valence-corrected chi connectivity index (χ4v) is 2.80. The van der Waals surface area contributed by atoms with Crippen molar-refractivity contribution in [2.75, 3.05) is 0 Å². The molecule has 3 aromatic rings. The zero-order valence-electron chi connectivity index (χ0n) is 14.6. The molecule has 3 heteroatoms. The predicted octanol–water partition coefficient (Wildman–Crippen LogP) is 5.07. The first-order valence-corrected chi connectivity index (χ1v) is 8.49. The lowest BCUT2D eigenvalue weighted by Gasteiger charge is -2.12. The molecule has 128 valence electrons. The number of ether oxygens (including phenoxy) is 1. The number of carbonyl (C=O) groups is 1. The van der Waals surface area contributed by atoms with Crippen molar-refractivity contribution < 1.29 is 9.53 Å². The van der Waals surface area contributed by atoms with Crippen molar-refractivity contribution in [2.45, 2.75) is 19.4 Å². The maximum absolute atomic E-state index is 12.3. The van der Waals surface area contributed by atoms with E-state index in [1.54, 1.807) is 6.07 Å². The Morgan fingerprint density at radius 3 is 2.31 bits per heavy atom. The number of esters is 1. The third-order valence-corrected chi connectivity index (χ3v) is 4.32.